The summed E-state index contributed by atoms with van der Waals surface area (Å²) >= 11 is 3.42. The van der Waals surface area contributed by atoms with Gasteiger partial charge in [0.15, 0.2) is 0 Å². The number of halogens is 1. The smallest absolute Gasteiger partial charge is 0.261 e. The van der Waals surface area contributed by atoms with Crippen molar-refractivity contribution in [3.05, 3.63) is 98.2 Å². The Hall–Kier alpha value is -4.05. The van der Waals surface area contributed by atoms with Gasteiger partial charge >= 0.3 is 0 Å². The minimum atomic E-state index is -0.625. The highest BCUT2D eigenvalue weighted by molar-refractivity contribution is 9.10. The van der Waals surface area contributed by atoms with Gasteiger partial charge in [-0.2, -0.15) is 4.91 Å². The number of rotatable bonds is 7. The average molecular weight is 518 g/mol. The zero-order valence-electron chi connectivity index (χ0n) is 18.1. The van der Waals surface area contributed by atoms with Crippen molar-refractivity contribution in [1.29, 1.82) is 0 Å². The third-order valence-corrected chi connectivity index (χ3v) is 6.10. The van der Waals surface area contributed by atoms with Gasteiger partial charge < -0.3 is 19.9 Å². The molecule has 0 aliphatic heterocycles. The second-order valence-electron chi connectivity index (χ2n) is 7.87. The average Bonchev–Trinajstić information content (AvgIpc) is 3.50. The minimum Gasteiger partial charge on any atom is -0.382 e. The van der Waals surface area contributed by atoms with Crippen molar-refractivity contribution in [1.82, 2.24) is 24.5 Å². The molecule has 34 heavy (non-hydrogen) atoms. The molecule has 5 rings (SSSR count). The molecule has 3 N–H and O–H groups in total. The fourth-order valence-electron chi connectivity index (χ4n) is 3.95. The third kappa shape index (κ3) is 4.15. The summed E-state index contributed by atoms with van der Waals surface area (Å²) in [5, 5.41) is 6.48. The summed E-state index contributed by atoms with van der Waals surface area (Å²) in [6.07, 6.45) is 6.87. The van der Waals surface area contributed by atoms with Crippen LogP contribution in [0.1, 0.15) is 17.2 Å². The maximum atomic E-state index is 12.8. The van der Waals surface area contributed by atoms with E-state index in [0.29, 0.717) is 17.1 Å². The number of nitrogens with one attached hydrogen (secondary N) is 3. The molecular formula is C24H20BrN7O2. The van der Waals surface area contributed by atoms with Gasteiger partial charge in [-0.05, 0) is 48.4 Å². The Morgan fingerprint density at radius 3 is 2.88 bits per heavy atom. The van der Waals surface area contributed by atoms with E-state index in [-0.39, 0.29) is 12.1 Å². The lowest BCUT2D eigenvalue weighted by Gasteiger charge is -2.14. The Bertz CT molecular complexity index is 1540. The second-order valence-corrected chi connectivity index (χ2v) is 8.78. The van der Waals surface area contributed by atoms with Crippen LogP contribution in [0.15, 0.2) is 81.8 Å². The molecule has 2 aromatic carbocycles. The van der Waals surface area contributed by atoms with Crippen LogP contribution < -0.4 is 10.9 Å². The molecular weight excluding hydrogens is 498 g/mol. The van der Waals surface area contributed by atoms with E-state index in [4.69, 9.17) is 4.98 Å². The molecule has 0 aliphatic carbocycles. The molecule has 0 saturated carbocycles. The van der Waals surface area contributed by atoms with Gasteiger partial charge in [-0.25, -0.2) is 9.97 Å². The van der Waals surface area contributed by atoms with Gasteiger partial charge in [0.2, 0.25) is 0 Å². The van der Waals surface area contributed by atoms with E-state index in [1.165, 1.54) is 0 Å². The number of fused-ring (bicyclic) bond motifs is 1. The van der Waals surface area contributed by atoms with Crippen molar-refractivity contribution in [2.45, 2.75) is 13.0 Å². The molecule has 0 bridgehead atoms. The standard InChI is InChI=1S/C24H20BrN7O2/c1-14-9-17(32-8-7-26-13-32)11-19-22(14)30-23(29-19)21-18(5-6-27-24(21)33)28-12-20(31-34)15-3-2-4-16(25)10-15/h2-11,13,20H,12H2,1H3,(H,29,30)(H2,27,28,33). The van der Waals surface area contributed by atoms with Gasteiger partial charge in [-0.3, -0.25) is 4.79 Å². The third-order valence-electron chi connectivity index (χ3n) is 5.61. The quantitative estimate of drug-likeness (QED) is 0.259. The van der Waals surface area contributed by atoms with Crippen LogP contribution >= 0.6 is 15.9 Å². The van der Waals surface area contributed by atoms with Crippen molar-refractivity contribution < 1.29 is 0 Å². The largest absolute Gasteiger partial charge is 0.382 e. The van der Waals surface area contributed by atoms with Gasteiger partial charge in [0, 0.05) is 35.3 Å². The summed E-state index contributed by atoms with van der Waals surface area (Å²) in [7, 11) is 0. The molecule has 0 radical (unpaired) electrons. The normalized spacial score (nSPS) is 12.1. The van der Waals surface area contributed by atoms with Crippen LogP contribution in [0.4, 0.5) is 5.69 Å². The molecule has 3 aromatic heterocycles. The SMILES string of the molecule is Cc1cc(-n2ccnc2)cc2[nH]c(-c3c(NCC(N=O)c4cccc(Br)c4)cc[nH]c3=O)nc12. The van der Waals surface area contributed by atoms with E-state index in [2.05, 4.69) is 41.4 Å². The Morgan fingerprint density at radius 2 is 2.12 bits per heavy atom. The van der Waals surface area contributed by atoms with Crippen LogP contribution in [0, 0.1) is 11.8 Å². The zero-order valence-corrected chi connectivity index (χ0v) is 19.7. The molecule has 1 atom stereocenters. The first kappa shape index (κ1) is 21.8. The van der Waals surface area contributed by atoms with Gasteiger partial charge in [0.05, 0.1) is 23.0 Å². The number of nitroso groups, excluding NO2 is 1. The number of nitrogens with zero attached hydrogens (tertiary/aromatic N) is 4. The first-order chi connectivity index (χ1) is 16.5. The van der Waals surface area contributed by atoms with Crippen molar-refractivity contribution in [2.24, 2.45) is 5.18 Å². The predicted octanol–water partition coefficient (Wildman–Crippen LogP) is 5.09. The summed E-state index contributed by atoms with van der Waals surface area (Å²) in [5.41, 5.74) is 4.87. The Balaban J connectivity index is 1.50. The monoisotopic (exact) mass is 517 g/mol. The van der Waals surface area contributed by atoms with E-state index in [1.807, 2.05) is 54.1 Å². The maximum absolute atomic E-state index is 12.8. The number of imidazole rings is 2. The van der Waals surface area contributed by atoms with E-state index in [0.717, 1.165) is 32.3 Å². The lowest BCUT2D eigenvalue weighted by Crippen LogP contribution is -2.16. The van der Waals surface area contributed by atoms with E-state index < -0.39 is 6.04 Å². The summed E-state index contributed by atoms with van der Waals surface area (Å²) < 4.78 is 2.77. The first-order valence-electron chi connectivity index (χ1n) is 10.6. The Morgan fingerprint density at radius 1 is 1.24 bits per heavy atom. The molecule has 0 aliphatic rings. The Kier molecular flexibility index (Phi) is 5.81. The lowest BCUT2D eigenvalue weighted by atomic mass is 10.1. The van der Waals surface area contributed by atoms with Crippen LogP contribution in [0.25, 0.3) is 28.1 Å². The van der Waals surface area contributed by atoms with Crippen molar-refractivity contribution in [3.63, 3.8) is 0 Å². The van der Waals surface area contributed by atoms with E-state index in [1.54, 1.807) is 24.8 Å². The first-order valence-corrected chi connectivity index (χ1v) is 11.4. The molecule has 0 amide bonds. The van der Waals surface area contributed by atoms with Gasteiger partial charge in [-0.15, -0.1) is 0 Å². The van der Waals surface area contributed by atoms with Crippen LogP contribution in [0.3, 0.4) is 0 Å². The predicted molar refractivity (Wildman–Crippen MR) is 135 cm³/mol. The number of aromatic amines is 2. The van der Waals surface area contributed by atoms with Crippen molar-refractivity contribution >= 4 is 32.7 Å². The molecule has 170 valence electrons. The topological polar surface area (TPSA) is 121 Å². The number of aromatic nitrogens is 5. The molecule has 3 heterocycles. The molecule has 10 heteroatoms. The molecule has 0 fully saturated rings. The highest BCUT2D eigenvalue weighted by Gasteiger charge is 2.18. The summed E-state index contributed by atoms with van der Waals surface area (Å²) in [4.78, 5) is 39.2. The van der Waals surface area contributed by atoms with E-state index in [9.17, 15) is 9.70 Å². The molecule has 1 unspecified atom stereocenters. The maximum Gasteiger partial charge on any atom is 0.261 e. The summed E-state index contributed by atoms with van der Waals surface area (Å²) in [5.74, 6) is 0.434. The van der Waals surface area contributed by atoms with Crippen LogP contribution in [-0.2, 0) is 0 Å². The van der Waals surface area contributed by atoms with Crippen molar-refractivity contribution in [2.75, 3.05) is 11.9 Å². The number of pyridine rings is 1. The fraction of sp³-hybridized carbons (Fsp3) is 0.125. The lowest BCUT2D eigenvalue weighted by molar-refractivity contribution is 0.759. The molecule has 0 spiro atoms. The zero-order chi connectivity index (χ0) is 23.7. The van der Waals surface area contributed by atoms with E-state index >= 15 is 0 Å². The molecule has 5 aromatic rings. The number of hydrogen-bond acceptors (Lipinski definition) is 6. The van der Waals surface area contributed by atoms with Crippen LogP contribution in [-0.4, -0.2) is 31.0 Å². The minimum absolute atomic E-state index is 0.223. The number of H-pyrrole nitrogens is 2. The fourth-order valence-corrected chi connectivity index (χ4v) is 4.37. The summed E-state index contributed by atoms with van der Waals surface area (Å²) in [6.45, 7) is 2.19. The van der Waals surface area contributed by atoms with Gasteiger partial charge in [0.1, 0.15) is 17.4 Å². The summed E-state index contributed by atoms with van der Waals surface area (Å²) in [6, 6.07) is 12.5. The number of benzene rings is 2. The van der Waals surface area contributed by atoms with Gasteiger partial charge in [0.25, 0.3) is 5.56 Å². The van der Waals surface area contributed by atoms with Crippen molar-refractivity contribution in [3.8, 4) is 17.1 Å². The highest BCUT2D eigenvalue weighted by Crippen LogP contribution is 2.28. The number of hydrogen-bond donors (Lipinski definition) is 3. The Labute approximate surface area is 202 Å². The number of anilines is 1. The van der Waals surface area contributed by atoms with Crippen LogP contribution in [0.2, 0.25) is 0 Å². The molecule has 0 saturated heterocycles. The second kappa shape index (κ2) is 9.06. The van der Waals surface area contributed by atoms with Crippen LogP contribution in [0.5, 0.6) is 0 Å². The van der Waals surface area contributed by atoms with Gasteiger partial charge in [-0.1, -0.05) is 33.2 Å². The highest BCUT2D eigenvalue weighted by atomic mass is 79.9. The molecule has 9 nitrogen and oxygen atoms in total. The number of aryl methyl sites for hydroxylation is 1.